The van der Waals surface area contributed by atoms with Gasteiger partial charge in [0, 0.05) is 50.1 Å². The van der Waals surface area contributed by atoms with Crippen molar-refractivity contribution in [1.82, 2.24) is 9.88 Å². The van der Waals surface area contributed by atoms with E-state index in [4.69, 9.17) is 37.4 Å². The fourth-order valence-electron chi connectivity index (χ4n) is 4.08. The number of anilines is 1. The zero-order chi connectivity index (χ0) is 25.3. The summed E-state index contributed by atoms with van der Waals surface area (Å²) in [5, 5.41) is 2.22. The predicted octanol–water partition coefficient (Wildman–Crippen LogP) is 5.81. The molecule has 1 aliphatic heterocycles. The summed E-state index contributed by atoms with van der Waals surface area (Å²) >= 11 is 12.5. The first kappa shape index (κ1) is 26.3. The fraction of sp³-hybridized carbons (Fsp3) is 0.407. The maximum absolute atomic E-state index is 11.2. The number of carbonyl (C=O) groups excluding carboxylic acids is 1. The maximum Gasteiger partial charge on any atom is 0.308 e. The molecule has 0 saturated carbocycles. The third-order valence-corrected chi connectivity index (χ3v) is 6.94. The van der Waals surface area contributed by atoms with Crippen molar-refractivity contribution in [2.75, 3.05) is 51.0 Å². The van der Waals surface area contributed by atoms with Crippen molar-refractivity contribution in [3.63, 3.8) is 0 Å². The number of piperazine rings is 1. The normalized spacial score (nSPS) is 14.1. The number of esters is 1. The van der Waals surface area contributed by atoms with Crippen molar-refractivity contribution in [3.05, 3.63) is 58.6 Å². The molecule has 2 heterocycles. The number of rotatable bonds is 11. The van der Waals surface area contributed by atoms with E-state index >= 15 is 0 Å². The van der Waals surface area contributed by atoms with Gasteiger partial charge in [-0.1, -0.05) is 36.2 Å². The van der Waals surface area contributed by atoms with Gasteiger partial charge in [0.05, 0.1) is 27.9 Å². The molecule has 0 atom stereocenters. The van der Waals surface area contributed by atoms with Gasteiger partial charge in [0.1, 0.15) is 5.75 Å². The van der Waals surface area contributed by atoms with Crippen molar-refractivity contribution in [2.45, 2.75) is 26.2 Å². The Kier molecular flexibility index (Phi) is 9.50. The van der Waals surface area contributed by atoms with E-state index in [0.29, 0.717) is 29.0 Å². The molecule has 0 unspecified atom stereocenters. The summed E-state index contributed by atoms with van der Waals surface area (Å²) in [5.74, 6) is 0.869. The number of carbonyl (C=O) groups is 1. The monoisotopic (exact) mass is 531 g/mol. The van der Waals surface area contributed by atoms with Crippen molar-refractivity contribution in [1.29, 1.82) is 0 Å². The average Bonchev–Trinajstić information content (AvgIpc) is 2.90. The smallest absolute Gasteiger partial charge is 0.308 e. The topological polar surface area (TPSA) is 64.1 Å². The molecule has 1 aliphatic rings. The molecule has 0 aliphatic carbocycles. The minimum Gasteiger partial charge on any atom is -0.494 e. The summed E-state index contributed by atoms with van der Waals surface area (Å²) in [5.41, 5.74) is 1.78. The lowest BCUT2D eigenvalue weighted by atomic mass is 10.2. The summed E-state index contributed by atoms with van der Waals surface area (Å²) in [6.07, 6.45) is 2.35. The summed E-state index contributed by atoms with van der Waals surface area (Å²) in [6, 6.07) is 15.3. The number of halogens is 2. The average molecular weight is 532 g/mol. The van der Waals surface area contributed by atoms with Crippen LogP contribution in [0.5, 0.6) is 11.6 Å². The minimum atomic E-state index is -0.309. The Labute approximate surface area is 221 Å². The van der Waals surface area contributed by atoms with Crippen molar-refractivity contribution in [3.8, 4) is 11.6 Å². The summed E-state index contributed by atoms with van der Waals surface area (Å²) < 4.78 is 16.3. The summed E-state index contributed by atoms with van der Waals surface area (Å²) in [7, 11) is 0. The van der Waals surface area contributed by atoms with E-state index in [1.54, 1.807) is 13.0 Å². The lowest BCUT2D eigenvalue weighted by Crippen LogP contribution is -2.46. The third-order valence-electron chi connectivity index (χ3n) is 6.14. The van der Waals surface area contributed by atoms with Crippen molar-refractivity contribution in [2.24, 2.45) is 0 Å². The van der Waals surface area contributed by atoms with E-state index < -0.39 is 0 Å². The fourth-order valence-corrected chi connectivity index (χ4v) is 4.50. The molecule has 0 spiro atoms. The molecule has 36 heavy (non-hydrogen) atoms. The number of hydrogen-bond donors (Lipinski definition) is 0. The number of ether oxygens (including phenoxy) is 3. The van der Waals surface area contributed by atoms with Crippen LogP contribution in [0, 0.1) is 0 Å². The Bertz CT molecular complexity index is 1170. The number of pyridine rings is 1. The van der Waals surface area contributed by atoms with Crippen LogP contribution < -0.4 is 14.4 Å². The molecule has 9 heteroatoms. The first-order chi connectivity index (χ1) is 17.5. The van der Waals surface area contributed by atoms with Crippen LogP contribution in [0.4, 0.5) is 5.69 Å². The molecule has 0 radical (unpaired) electrons. The van der Waals surface area contributed by atoms with E-state index in [1.807, 2.05) is 42.5 Å². The van der Waals surface area contributed by atoms with Crippen molar-refractivity contribution >= 4 is 45.8 Å². The maximum atomic E-state index is 11.2. The van der Waals surface area contributed by atoms with E-state index in [1.165, 1.54) is 0 Å². The van der Waals surface area contributed by atoms with Gasteiger partial charge in [-0.15, -0.1) is 0 Å². The van der Waals surface area contributed by atoms with Gasteiger partial charge in [-0.25, -0.2) is 4.98 Å². The standard InChI is InChI=1S/C27H31Cl2N3O4/c1-2-26(33)36-19-35-25-11-9-20-8-10-21(18-23(20)30-25)34-17-4-3-12-31-13-15-32(16-14-31)24-7-5-6-22(28)27(24)29/h5-11,18H,2-4,12-17,19H2,1H3. The van der Waals surface area contributed by atoms with Gasteiger partial charge in [0.25, 0.3) is 0 Å². The SMILES string of the molecule is CCC(=O)OCOc1ccc2ccc(OCCCCN3CCN(c4cccc(Cl)c4Cl)CC3)cc2n1. The lowest BCUT2D eigenvalue weighted by Gasteiger charge is -2.36. The quantitative estimate of drug-likeness (QED) is 0.175. The van der Waals surface area contributed by atoms with Gasteiger partial charge >= 0.3 is 5.97 Å². The Morgan fingerprint density at radius 3 is 2.61 bits per heavy atom. The van der Waals surface area contributed by atoms with Gasteiger partial charge in [-0.05, 0) is 49.7 Å². The van der Waals surface area contributed by atoms with Crippen LogP contribution in [0.1, 0.15) is 26.2 Å². The minimum absolute atomic E-state index is 0.148. The molecule has 7 nitrogen and oxygen atoms in total. The highest BCUT2D eigenvalue weighted by Crippen LogP contribution is 2.33. The Balaban J connectivity index is 1.17. The Morgan fingerprint density at radius 1 is 1.00 bits per heavy atom. The van der Waals surface area contributed by atoms with Gasteiger partial charge in [-0.3, -0.25) is 9.69 Å². The largest absolute Gasteiger partial charge is 0.494 e. The van der Waals surface area contributed by atoms with Crippen LogP contribution in [0.3, 0.4) is 0 Å². The zero-order valence-electron chi connectivity index (χ0n) is 20.4. The van der Waals surface area contributed by atoms with Crippen LogP contribution in [0.2, 0.25) is 10.0 Å². The number of hydrogen-bond acceptors (Lipinski definition) is 7. The second kappa shape index (κ2) is 13.0. The van der Waals surface area contributed by atoms with Crippen molar-refractivity contribution < 1.29 is 19.0 Å². The molecular weight excluding hydrogens is 501 g/mol. The number of fused-ring (bicyclic) bond motifs is 1. The Morgan fingerprint density at radius 2 is 1.81 bits per heavy atom. The number of benzene rings is 2. The molecule has 4 rings (SSSR count). The second-order valence-corrected chi connectivity index (χ2v) is 9.38. The highest BCUT2D eigenvalue weighted by molar-refractivity contribution is 6.43. The molecule has 0 amide bonds. The highest BCUT2D eigenvalue weighted by Gasteiger charge is 2.19. The van der Waals surface area contributed by atoms with Crippen LogP contribution in [-0.4, -0.2) is 62.0 Å². The molecule has 192 valence electrons. The number of unbranched alkanes of at least 4 members (excludes halogenated alkanes) is 1. The van der Waals surface area contributed by atoms with Gasteiger partial charge < -0.3 is 19.1 Å². The number of aromatic nitrogens is 1. The van der Waals surface area contributed by atoms with Crippen LogP contribution in [0.15, 0.2) is 48.5 Å². The summed E-state index contributed by atoms with van der Waals surface area (Å²) in [6.45, 7) is 7.16. The Hall–Kier alpha value is -2.74. The van der Waals surface area contributed by atoms with E-state index in [0.717, 1.165) is 67.9 Å². The molecule has 0 bridgehead atoms. The second-order valence-electron chi connectivity index (χ2n) is 8.59. The molecule has 1 aromatic heterocycles. The lowest BCUT2D eigenvalue weighted by molar-refractivity contribution is -0.149. The zero-order valence-corrected chi connectivity index (χ0v) is 21.9. The molecule has 0 N–H and O–H groups in total. The van der Waals surface area contributed by atoms with E-state index in [9.17, 15) is 4.79 Å². The number of nitrogens with zero attached hydrogens (tertiary/aromatic N) is 3. The third kappa shape index (κ3) is 7.15. The first-order valence-electron chi connectivity index (χ1n) is 12.3. The molecule has 2 aromatic carbocycles. The molecule has 3 aromatic rings. The van der Waals surface area contributed by atoms with Crippen LogP contribution >= 0.6 is 23.2 Å². The van der Waals surface area contributed by atoms with E-state index in [-0.39, 0.29) is 12.8 Å². The van der Waals surface area contributed by atoms with Gasteiger partial charge in [-0.2, -0.15) is 0 Å². The van der Waals surface area contributed by atoms with Crippen LogP contribution in [0.25, 0.3) is 10.9 Å². The molecule has 1 saturated heterocycles. The van der Waals surface area contributed by atoms with E-state index in [2.05, 4.69) is 14.8 Å². The first-order valence-corrected chi connectivity index (χ1v) is 13.0. The van der Waals surface area contributed by atoms with Gasteiger partial charge in [0.15, 0.2) is 0 Å². The molecular formula is C27H31Cl2N3O4. The molecule has 1 fully saturated rings. The van der Waals surface area contributed by atoms with Gasteiger partial charge in [0.2, 0.25) is 12.7 Å². The predicted molar refractivity (Wildman–Crippen MR) is 143 cm³/mol. The van der Waals surface area contributed by atoms with Crippen LogP contribution in [-0.2, 0) is 9.53 Å². The summed E-state index contributed by atoms with van der Waals surface area (Å²) in [4.78, 5) is 20.5. The highest BCUT2D eigenvalue weighted by atomic mass is 35.5.